The minimum absolute atomic E-state index is 0.151. The van der Waals surface area contributed by atoms with Crippen LogP contribution in [0.1, 0.15) is 22.6 Å². The molecule has 0 saturated heterocycles. The van der Waals surface area contributed by atoms with E-state index in [1.54, 1.807) is 13.0 Å². The molecule has 0 radical (unpaired) electrons. The largest absolute Gasteiger partial charge is 0.477 e. The van der Waals surface area contributed by atoms with Crippen LogP contribution in [-0.4, -0.2) is 30.8 Å². The Morgan fingerprint density at radius 1 is 1.20 bits per heavy atom. The predicted molar refractivity (Wildman–Crippen MR) is 120 cm³/mol. The molecule has 0 aliphatic rings. The summed E-state index contributed by atoms with van der Waals surface area (Å²) in [5.74, 6) is -0.389. The number of fused-ring (bicyclic) bond motifs is 1. The van der Waals surface area contributed by atoms with Gasteiger partial charge < -0.3 is 9.67 Å². The number of nitrogens with zero attached hydrogens (tertiary/aromatic N) is 3. The predicted octanol–water partition coefficient (Wildman–Crippen LogP) is 5.30. The van der Waals surface area contributed by atoms with Crippen LogP contribution >= 0.6 is 23.4 Å². The molecule has 0 saturated carbocycles. The van der Waals surface area contributed by atoms with Gasteiger partial charge >= 0.3 is 5.97 Å². The van der Waals surface area contributed by atoms with Gasteiger partial charge in [-0.2, -0.15) is 0 Å². The quantitative estimate of drug-likeness (QED) is 0.315. The van der Waals surface area contributed by atoms with Crippen LogP contribution in [0.2, 0.25) is 5.02 Å². The van der Waals surface area contributed by atoms with E-state index in [2.05, 4.69) is 19.7 Å². The molecule has 2 aromatic heterocycles. The number of aromatic nitrogens is 4. The minimum atomic E-state index is -1.02. The van der Waals surface area contributed by atoms with E-state index in [1.807, 2.05) is 55.5 Å². The first kappa shape index (κ1) is 20.3. The molecule has 0 unspecified atom stereocenters. The Morgan fingerprint density at radius 3 is 2.63 bits per heavy atom. The highest BCUT2D eigenvalue weighted by Crippen LogP contribution is 2.33. The van der Waals surface area contributed by atoms with Crippen LogP contribution < -0.4 is 0 Å². The van der Waals surface area contributed by atoms with Crippen molar-refractivity contribution in [2.45, 2.75) is 25.5 Å². The first-order chi connectivity index (χ1) is 14.4. The smallest absolute Gasteiger partial charge is 0.342 e. The number of benzene rings is 2. The fourth-order valence-corrected chi connectivity index (χ4v) is 4.30. The van der Waals surface area contributed by atoms with E-state index in [0.717, 1.165) is 39.5 Å². The van der Waals surface area contributed by atoms with Crippen LogP contribution in [0.3, 0.4) is 0 Å². The number of carboxylic acids is 1. The summed E-state index contributed by atoms with van der Waals surface area (Å²) in [6.07, 6.45) is 1.69. The fourth-order valence-electron chi connectivity index (χ4n) is 3.37. The second kappa shape index (κ2) is 8.38. The van der Waals surface area contributed by atoms with Gasteiger partial charge in [0.1, 0.15) is 10.7 Å². The van der Waals surface area contributed by atoms with E-state index in [0.29, 0.717) is 22.5 Å². The monoisotopic (exact) mass is 438 g/mol. The number of aromatic amines is 1. The van der Waals surface area contributed by atoms with Gasteiger partial charge in [0.2, 0.25) is 5.16 Å². The maximum Gasteiger partial charge on any atom is 0.342 e. The van der Waals surface area contributed by atoms with Crippen LogP contribution in [0, 0.1) is 13.8 Å². The van der Waals surface area contributed by atoms with Crippen LogP contribution in [0.15, 0.2) is 58.6 Å². The SMILES string of the molecule is Cc1nc(S/C(=C\c2c(C)n(Cc3ccccc3Cl)c3ccccc23)C(=O)O)n[nH]1. The average molecular weight is 439 g/mol. The zero-order chi connectivity index (χ0) is 21.3. The number of carboxylic acid groups (broad SMARTS) is 1. The summed E-state index contributed by atoms with van der Waals surface area (Å²) in [6, 6.07) is 15.7. The third kappa shape index (κ3) is 3.99. The lowest BCUT2D eigenvalue weighted by molar-refractivity contribution is -0.131. The summed E-state index contributed by atoms with van der Waals surface area (Å²) in [7, 11) is 0. The summed E-state index contributed by atoms with van der Waals surface area (Å²) < 4.78 is 2.16. The first-order valence-electron chi connectivity index (χ1n) is 9.27. The average Bonchev–Trinajstić information content (AvgIpc) is 3.25. The molecule has 2 heterocycles. The molecule has 8 heteroatoms. The molecule has 0 amide bonds. The highest BCUT2D eigenvalue weighted by Gasteiger charge is 2.18. The van der Waals surface area contributed by atoms with Crippen molar-refractivity contribution in [2.75, 3.05) is 0 Å². The van der Waals surface area contributed by atoms with Gasteiger partial charge in [-0.1, -0.05) is 48.0 Å². The Balaban J connectivity index is 1.82. The zero-order valence-corrected chi connectivity index (χ0v) is 18.0. The first-order valence-corrected chi connectivity index (χ1v) is 10.5. The van der Waals surface area contributed by atoms with Gasteiger partial charge in [-0.15, -0.1) is 5.10 Å². The number of hydrogen-bond donors (Lipinski definition) is 2. The van der Waals surface area contributed by atoms with E-state index >= 15 is 0 Å². The van der Waals surface area contributed by atoms with E-state index in [-0.39, 0.29) is 4.91 Å². The molecule has 6 nitrogen and oxygen atoms in total. The molecule has 0 atom stereocenters. The Hall–Kier alpha value is -3.03. The molecule has 30 heavy (non-hydrogen) atoms. The number of para-hydroxylation sites is 1. The number of halogens is 1. The zero-order valence-electron chi connectivity index (χ0n) is 16.4. The van der Waals surface area contributed by atoms with E-state index in [4.69, 9.17) is 11.6 Å². The molecule has 4 aromatic rings. The second-order valence-electron chi connectivity index (χ2n) is 6.81. The van der Waals surface area contributed by atoms with Gasteiger partial charge in [-0.05, 0) is 49.4 Å². The number of aryl methyl sites for hydroxylation is 1. The van der Waals surface area contributed by atoms with Gasteiger partial charge in [0.05, 0.1) is 0 Å². The van der Waals surface area contributed by atoms with E-state index in [9.17, 15) is 9.90 Å². The summed E-state index contributed by atoms with van der Waals surface area (Å²) in [6.45, 7) is 4.35. The molecule has 0 fully saturated rings. The fraction of sp³-hybridized carbons (Fsp3) is 0.136. The molecule has 0 aliphatic carbocycles. The summed E-state index contributed by atoms with van der Waals surface area (Å²) in [5, 5.41) is 18.6. The van der Waals surface area contributed by atoms with Gasteiger partial charge in [0, 0.05) is 33.7 Å². The maximum absolute atomic E-state index is 11.9. The Kier molecular flexibility index (Phi) is 5.65. The molecule has 0 spiro atoms. The van der Waals surface area contributed by atoms with Crippen molar-refractivity contribution in [3.63, 3.8) is 0 Å². The van der Waals surface area contributed by atoms with E-state index in [1.165, 1.54) is 0 Å². The third-order valence-corrected chi connectivity index (χ3v) is 6.08. The van der Waals surface area contributed by atoms with Crippen molar-refractivity contribution in [3.05, 3.63) is 81.1 Å². The molecule has 4 rings (SSSR count). The van der Waals surface area contributed by atoms with Crippen molar-refractivity contribution in [2.24, 2.45) is 0 Å². The Labute approximate surface area is 182 Å². The van der Waals surface area contributed by atoms with Crippen LogP contribution in [0.4, 0.5) is 0 Å². The van der Waals surface area contributed by atoms with Gasteiger partial charge in [-0.3, -0.25) is 5.10 Å². The van der Waals surface area contributed by atoms with E-state index < -0.39 is 5.97 Å². The maximum atomic E-state index is 11.9. The van der Waals surface area contributed by atoms with Crippen LogP contribution in [0.25, 0.3) is 17.0 Å². The second-order valence-corrected chi connectivity index (χ2v) is 8.23. The number of rotatable bonds is 6. The molecule has 152 valence electrons. The van der Waals surface area contributed by atoms with Crippen molar-refractivity contribution in [3.8, 4) is 0 Å². The van der Waals surface area contributed by atoms with Gasteiger partial charge in [0.25, 0.3) is 0 Å². The highest BCUT2D eigenvalue weighted by atomic mass is 35.5. The molecule has 2 aromatic carbocycles. The summed E-state index contributed by atoms with van der Waals surface area (Å²) in [4.78, 5) is 16.3. The minimum Gasteiger partial charge on any atom is -0.477 e. The van der Waals surface area contributed by atoms with Crippen molar-refractivity contribution < 1.29 is 9.90 Å². The molecule has 0 aliphatic heterocycles. The summed E-state index contributed by atoms with van der Waals surface area (Å²) in [5.41, 5.74) is 3.84. The number of hydrogen-bond acceptors (Lipinski definition) is 4. The number of nitrogens with one attached hydrogen (secondary N) is 1. The Bertz CT molecular complexity index is 1280. The molecular formula is C22H19ClN4O2S. The lowest BCUT2D eigenvalue weighted by Gasteiger charge is -2.10. The van der Waals surface area contributed by atoms with Crippen molar-refractivity contribution in [1.29, 1.82) is 0 Å². The lowest BCUT2D eigenvalue weighted by Crippen LogP contribution is -2.03. The van der Waals surface area contributed by atoms with Crippen molar-refractivity contribution in [1.82, 2.24) is 19.7 Å². The third-order valence-electron chi connectivity index (χ3n) is 4.83. The summed E-state index contributed by atoms with van der Waals surface area (Å²) >= 11 is 7.40. The molecule has 2 N–H and O–H groups in total. The normalized spacial score (nSPS) is 11.9. The molecular weight excluding hydrogens is 420 g/mol. The van der Waals surface area contributed by atoms with Gasteiger partial charge in [-0.25, -0.2) is 9.78 Å². The number of carbonyl (C=O) groups is 1. The number of thioether (sulfide) groups is 1. The molecule has 0 bridgehead atoms. The number of H-pyrrole nitrogens is 1. The van der Waals surface area contributed by atoms with Crippen LogP contribution in [0.5, 0.6) is 0 Å². The topological polar surface area (TPSA) is 83.8 Å². The number of aliphatic carboxylic acids is 1. The highest BCUT2D eigenvalue weighted by molar-refractivity contribution is 8.04. The lowest BCUT2D eigenvalue weighted by atomic mass is 10.1. The standard InChI is InChI=1S/C22H19ClN4O2S/c1-13-17(11-20(21(28)29)30-22-24-14(2)25-26-22)16-8-4-6-10-19(16)27(13)12-15-7-3-5-9-18(15)23/h3-11H,12H2,1-2H3,(H,28,29)(H,24,25,26)/b20-11-. The van der Waals surface area contributed by atoms with Gasteiger partial charge in [0.15, 0.2) is 0 Å². The van der Waals surface area contributed by atoms with Crippen LogP contribution in [-0.2, 0) is 11.3 Å². The van der Waals surface area contributed by atoms with Crippen molar-refractivity contribution >= 4 is 46.3 Å². The Morgan fingerprint density at radius 2 is 1.93 bits per heavy atom.